The number of benzene rings is 1. The van der Waals surface area contributed by atoms with E-state index in [1.54, 1.807) is 20.4 Å². The van der Waals surface area contributed by atoms with E-state index in [-0.39, 0.29) is 5.92 Å². The van der Waals surface area contributed by atoms with E-state index >= 15 is 0 Å². The molecule has 1 heterocycles. The van der Waals surface area contributed by atoms with Gasteiger partial charge in [-0.2, -0.15) is 10.2 Å². The van der Waals surface area contributed by atoms with Gasteiger partial charge in [-0.05, 0) is 24.1 Å². The second-order valence-electron chi connectivity index (χ2n) is 3.86. The zero-order valence-electron chi connectivity index (χ0n) is 10.3. The Hall–Kier alpha value is -1.84. The van der Waals surface area contributed by atoms with Gasteiger partial charge in [-0.15, -0.1) is 0 Å². The highest BCUT2D eigenvalue weighted by atomic mass is 16.5. The number of nitrogens with zero attached hydrogens (tertiary/aromatic N) is 2. The highest BCUT2D eigenvalue weighted by Gasteiger charge is 2.17. The van der Waals surface area contributed by atoms with Gasteiger partial charge in [-0.25, -0.2) is 0 Å². The lowest BCUT2D eigenvalue weighted by Crippen LogP contribution is -2.03. The second kappa shape index (κ2) is 4.99. The van der Waals surface area contributed by atoms with Gasteiger partial charge in [0.25, 0.3) is 0 Å². The van der Waals surface area contributed by atoms with Gasteiger partial charge < -0.3 is 9.47 Å². The van der Waals surface area contributed by atoms with E-state index in [4.69, 9.17) is 9.47 Å². The Morgan fingerprint density at radius 1 is 1.12 bits per heavy atom. The number of hydrogen-bond donors (Lipinski definition) is 0. The Morgan fingerprint density at radius 3 is 2.47 bits per heavy atom. The standard InChI is InChI=1S/C13H16N2O2/c1-4-9-7-14-15-8-10-5-12(16-2)13(17-3)6-11(9)10/h5-9H,4H2,1-3H3. The third-order valence-corrected chi connectivity index (χ3v) is 2.94. The third kappa shape index (κ3) is 2.16. The smallest absolute Gasteiger partial charge is 0.161 e. The summed E-state index contributed by atoms with van der Waals surface area (Å²) in [6.45, 7) is 2.13. The van der Waals surface area contributed by atoms with Crippen LogP contribution in [0.3, 0.4) is 0 Å². The first-order chi connectivity index (χ1) is 8.30. The van der Waals surface area contributed by atoms with Crippen LogP contribution in [0, 0.1) is 0 Å². The molecule has 1 atom stereocenters. The molecule has 1 aliphatic heterocycles. The summed E-state index contributed by atoms with van der Waals surface area (Å²) in [4.78, 5) is 0. The Labute approximate surface area is 101 Å². The van der Waals surface area contributed by atoms with Crippen molar-refractivity contribution in [1.29, 1.82) is 0 Å². The third-order valence-electron chi connectivity index (χ3n) is 2.94. The van der Waals surface area contributed by atoms with E-state index in [0.717, 1.165) is 23.5 Å². The van der Waals surface area contributed by atoms with Crippen LogP contribution in [0.5, 0.6) is 11.5 Å². The van der Waals surface area contributed by atoms with E-state index in [9.17, 15) is 0 Å². The zero-order chi connectivity index (χ0) is 12.3. The fourth-order valence-corrected chi connectivity index (χ4v) is 1.96. The average Bonchev–Trinajstić information content (AvgIpc) is 2.58. The van der Waals surface area contributed by atoms with E-state index in [1.165, 1.54) is 5.56 Å². The van der Waals surface area contributed by atoms with Gasteiger partial charge in [0, 0.05) is 17.7 Å². The minimum absolute atomic E-state index is 0.271. The summed E-state index contributed by atoms with van der Waals surface area (Å²) in [6, 6.07) is 3.95. The van der Waals surface area contributed by atoms with Crippen LogP contribution in [-0.4, -0.2) is 26.6 Å². The fraction of sp³-hybridized carbons (Fsp3) is 0.385. The first-order valence-electron chi connectivity index (χ1n) is 5.62. The molecule has 0 bridgehead atoms. The number of methoxy groups -OCH3 is 2. The molecule has 17 heavy (non-hydrogen) atoms. The van der Waals surface area contributed by atoms with Crippen LogP contribution in [0.15, 0.2) is 22.3 Å². The highest BCUT2D eigenvalue weighted by Crippen LogP contribution is 2.34. The summed E-state index contributed by atoms with van der Waals surface area (Å²) in [5.74, 6) is 1.73. The van der Waals surface area contributed by atoms with Gasteiger partial charge >= 0.3 is 0 Å². The molecule has 0 amide bonds. The van der Waals surface area contributed by atoms with Crippen LogP contribution in [0.4, 0.5) is 0 Å². The van der Waals surface area contributed by atoms with E-state index in [2.05, 4.69) is 17.1 Å². The molecule has 1 aliphatic rings. The number of fused-ring (bicyclic) bond motifs is 1. The number of hydrogen-bond acceptors (Lipinski definition) is 4. The van der Waals surface area contributed by atoms with Crippen LogP contribution in [0.25, 0.3) is 0 Å². The molecule has 0 aliphatic carbocycles. The predicted molar refractivity (Wildman–Crippen MR) is 68.7 cm³/mol. The SMILES string of the molecule is CCC1C=NN=Cc2cc(OC)c(OC)cc21. The first kappa shape index (κ1) is 11.6. The highest BCUT2D eigenvalue weighted by molar-refractivity contribution is 5.88. The molecule has 1 aromatic rings. The summed E-state index contributed by atoms with van der Waals surface area (Å²) >= 11 is 0. The van der Waals surface area contributed by atoms with Crippen LogP contribution in [0.2, 0.25) is 0 Å². The molecule has 0 N–H and O–H groups in total. The van der Waals surface area contributed by atoms with Crippen molar-refractivity contribution in [2.75, 3.05) is 14.2 Å². The quantitative estimate of drug-likeness (QED) is 0.804. The predicted octanol–water partition coefficient (Wildman–Crippen LogP) is 2.62. The van der Waals surface area contributed by atoms with Crippen molar-refractivity contribution in [3.8, 4) is 11.5 Å². The average molecular weight is 232 g/mol. The maximum atomic E-state index is 5.32. The van der Waals surface area contributed by atoms with E-state index < -0.39 is 0 Å². The molecule has 4 heteroatoms. The maximum absolute atomic E-state index is 5.32. The summed E-state index contributed by atoms with van der Waals surface area (Å²) in [5.41, 5.74) is 2.21. The summed E-state index contributed by atoms with van der Waals surface area (Å²) < 4.78 is 10.6. The molecule has 1 unspecified atom stereocenters. The Morgan fingerprint density at radius 2 is 1.82 bits per heavy atom. The number of ether oxygens (including phenoxy) is 2. The largest absolute Gasteiger partial charge is 0.493 e. The van der Waals surface area contributed by atoms with Crippen molar-refractivity contribution in [1.82, 2.24) is 0 Å². The molecule has 4 nitrogen and oxygen atoms in total. The minimum Gasteiger partial charge on any atom is -0.493 e. The summed E-state index contributed by atoms with van der Waals surface area (Å²) in [7, 11) is 3.27. The molecule has 0 fully saturated rings. The summed E-state index contributed by atoms with van der Waals surface area (Å²) in [5, 5.41) is 8.00. The van der Waals surface area contributed by atoms with Crippen molar-refractivity contribution < 1.29 is 9.47 Å². The molecule has 0 saturated carbocycles. The van der Waals surface area contributed by atoms with Crippen molar-refractivity contribution in [2.24, 2.45) is 10.2 Å². The Bertz CT molecular complexity index is 467. The van der Waals surface area contributed by atoms with Crippen molar-refractivity contribution in [2.45, 2.75) is 19.3 Å². The number of rotatable bonds is 3. The molecular weight excluding hydrogens is 216 g/mol. The molecule has 0 spiro atoms. The van der Waals surface area contributed by atoms with Gasteiger partial charge in [0.15, 0.2) is 11.5 Å². The molecule has 0 aromatic heterocycles. The van der Waals surface area contributed by atoms with Gasteiger partial charge in [-0.1, -0.05) is 6.92 Å². The Balaban J connectivity index is 2.56. The van der Waals surface area contributed by atoms with Crippen molar-refractivity contribution in [3.63, 3.8) is 0 Å². The van der Waals surface area contributed by atoms with E-state index in [1.807, 2.05) is 18.3 Å². The molecule has 0 saturated heterocycles. The molecule has 0 radical (unpaired) electrons. The van der Waals surface area contributed by atoms with Gasteiger partial charge in [0.2, 0.25) is 0 Å². The Kier molecular flexibility index (Phi) is 3.42. The zero-order valence-corrected chi connectivity index (χ0v) is 10.3. The molecule has 2 rings (SSSR count). The molecule has 90 valence electrons. The van der Waals surface area contributed by atoms with Crippen LogP contribution < -0.4 is 9.47 Å². The van der Waals surface area contributed by atoms with Crippen LogP contribution in [0.1, 0.15) is 30.4 Å². The topological polar surface area (TPSA) is 43.2 Å². The van der Waals surface area contributed by atoms with Gasteiger partial charge in [-0.3, -0.25) is 0 Å². The summed E-state index contributed by atoms with van der Waals surface area (Å²) in [6.07, 6.45) is 4.60. The molecular formula is C13H16N2O2. The van der Waals surface area contributed by atoms with Crippen molar-refractivity contribution >= 4 is 12.4 Å². The lowest BCUT2D eigenvalue weighted by molar-refractivity contribution is 0.354. The van der Waals surface area contributed by atoms with Crippen LogP contribution in [-0.2, 0) is 0 Å². The molecule has 1 aromatic carbocycles. The minimum atomic E-state index is 0.271. The fourth-order valence-electron chi connectivity index (χ4n) is 1.96. The monoisotopic (exact) mass is 232 g/mol. The van der Waals surface area contributed by atoms with Gasteiger partial charge in [0.05, 0.1) is 20.4 Å². The van der Waals surface area contributed by atoms with Gasteiger partial charge in [0.1, 0.15) is 0 Å². The lowest BCUT2D eigenvalue weighted by Gasteiger charge is -2.15. The lowest BCUT2D eigenvalue weighted by atomic mass is 9.93. The maximum Gasteiger partial charge on any atom is 0.161 e. The van der Waals surface area contributed by atoms with Crippen molar-refractivity contribution in [3.05, 3.63) is 23.3 Å². The normalized spacial score (nSPS) is 17.5. The van der Waals surface area contributed by atoms with Crippen LogP contribution >= 0.6 is 0 Å². The van der Waals surface area contributed by atoms with E-state index in [0.29, 0.717) is 0 Å². The second-order valence-corrected chi connectivity index (χ2v) is 3.86. The first-order valence-corrected chi connectivity index (χ1v) is 5.62.